The molecule has 0 atom stereocenters. The first kappa shape index (κ1) is 13.8. The van der Waals surface area contributed by atoms with Crippen molar-refractivity contribution >= 4 is 23.0 Å². The summed E-state index contributed by atoms with van der Waals surface area (Å²) >= 11 is 5.86. The molecule has 0 spiro atoms. The van der Waals surface area contributed by atoms with Crippen LogP contribution in [-0.4, -0.2) is 6.54 Å². The maximum Gasteiger partial charge on any atom is 0.147 e. The van der Waals surface area contributed by atoms with Crippen LogP contribution >= 0.6 is 11.6 Å². The van der Waals surface area contributed by atoms with E-state index in [2.05, 4.69) is 0 Å². The number of hydrogen-bond donors (Lipinski definition) is 0. The van der Waals surface area contributed by atoms with Crippen LogP contribution in [0, 0.1) is 11.6 Å². The van der Waals surface area contributed by atoms with Crippen molar-refractivity contribution in [3.8, 4) is 0 Å². The molecule has 0 unspecified atom stereocenters. The lowest BCUT2D eigenvalue weighted by Crippen LogP contribution is -2.19. The van der Waals surface area contributed by atoms with Crippen molar-refractivity contribution in [3.05, 3.63) is 59.7 Å². The number of alkyl halides is 1. The van der Waals surface area contributed by atoms with Crippen LogP contribution in [0.4, 0.5) is 20.2 Å². The van der Waals surface area contributed by atoms with E-state index in [1.54, 1.807) is 29.2 Å². The van der Waals surface area contributed by atoms with E-state index in [-0.39, 0.29) is 17.5 Å². The molecule has 2 aromatic rings. The summed E-state index contributed by atoms with van der Waals surface area (Å²) in [5, 5.41) is 0. The lowest BCUT2D eigenvalue weighted by Gasteiger charge is -2.26. The normalized spacial score (nSPS) is 10.5. The first-order chi connectivity index (χ1) is 9.17. The number of rotatable bonds is 4. The Bertz CT molecular complexity index is 555. The molecule has 0 N–H and O–H groups in total. The van der Waals surface area contributed by atoms with Gasteiger partial charge >= 0.3 is 0 Å². The van der Waals surface area contributed by atoms with E-state index in [9.17, 15) is 8.78 Å². The van der Waals surface area contributed by atoms with Gasteiger partial charge in [-0.1, -0.05) is 12.1 Å². The summed E-state index contributed by atoms with van der Waals surface area (Å²) in [6, 6.07) is 10.8. The Morgan fingerprint density at radius 2 is 1.74 bits per heavy atom. The highest BCUT2D eigenvalue weighted by molar-refractivity contribution is 6.17. The molecule has 0 heterocycles. The van der Waals surface area contributed by atoms with E-state index in [0.29, 0.717) is 17.8 Å². The monoisotopic (exact) mass is 281 g/mol. The molecule has 0 aliphatic heterocycles. The standard InChI is InChI=1S/C15H14ClF2N/c1-2-19(13-8-6-12(17)7-9-13)15-11(10-16)4-3-5-14(15)18/h3-9H,2,10H2,1H3. The lowest BCUT2D eigenvalue weighted by molar-refractivity contribution is 0.623. The van der Waals surface area contributed by atoms with Gasteiger partial charge in [-0.3, -0.25) is 0 Å². The van der Waals surface area contributed by atoms with Crippen LogP contribution in [0.15, 0.2) is 42.5 Å². The maximum atomic E-state index is 14.1. The van der Waals surface area contributed by atoms with Gasteiger partial charge in [-0.25, -0.2) is 8.78 Å². The molecule has 0 aliphatic rings. The van der Waals surface area contributed by atoms with Crippen LogP contribution in [0.1, 0.15) is 12.5 Å². The third kappa shape index (κ3) is 2.87. The fourth-order valence-corrected chi connectivity index (χ4v) is 2.28. The highest BCUT2D eigenvalue weighted by atomic mass is 35.5. The first-order valence-corrected chi connectivity index (χ1v) is 6.57. The summed E-state index contributed by atoms with van der Waals surface area (Å²) < 4.78 is 27.0. The van der Waals surface area contributed by atoms with Gasteiger partial charge in [0.05, 0.1) is 5.69 Å². The van der Waals surface area contributed by atoms with Gasteiger partial charge in [-0.15, -0.1) is 11.6 Å². The van der Waals surface area contributed by atoms with Gasteiger partial charge in [0, 0.05) is 18.1 Å². The molecule has 100 valence electrons. The van der Waals surface area contributed by atoms with Crippen LogP contribution in [0.2, 0.25) is 0 Å². The third-order valence-electron chi connectivity index (χ3n) is 2.94. The number of nitrogens with zero attached hydrogens (tertiary/aromatic N) is 1. The zero-order valence-corrected chi connectivity index (χ0v) is 11.3. The molecule has 4 heteroatoms. The van der Waals surface area contributed by atoms with Crippen molar-refractivity contribution in [2.45, 2.75) is 12.8 Å². The SMILES string of the molecule is CCN(c1ccc(F)cc1)c1c(F)cccc1CCl. The van der Waals surface area contributed by atoms with E-state index in [4.69, 9.17) is 11.6 Å². The summed E-state index contributed by atoms with van der Waals surface area (Å²) in [5.41, 5.74) is 1.90. The minimum atomic E-state index is -0.329. The third-order valence-corrected chi connectivity index (χ3v) is 3.23. The van der Waals surface area contributed by atoms with Gasteiger partial charge < -0.3 is 4.90 Å². The van der Waals surface area contributed by atoms with E-state index in [1.165, 1.54) is 18.2 Å². The van der Waals surface area contributed by atoms with Gasteiger partial charge in [0.2, 0.25) is 0 Å². The second-order valence-corrected chi connectivity index (χ2v) is 4.37. The second-order valence-electron chi connectivity index (χ2n) is 4.10. The Morgan fingerprint density at radius 3 is 2.32 bits per heavy atom. The van der Waals surface area contributed by atoms with Gasteiger partial charge in [0.25, 0.3) is 0 Å². The summed E-state index contributed by atoms with van der Waals surface area (Å²) in [4.78, 5) is 1.78. The van der Waals surface area contributed by atoms with Crippen LogP contribution in [0.5, 0.6) is 0 Å². The number of halogens is 3. The molecule has 2 rings (SSSR count). The average molecular weight is 282 g/mol. The van der Waals surface area contributed by atoms with Gasteiger partial charge in [-0.2, -0.15) is 0 Å². The van der Waals surface area contributed by atoms with Crippen molar-refractivity contribution in [1.29, 1.82) is 0 Å². The van der Waals surface area contributed by atoms with Crippen LogP contribution in [-0.2, 0) is 5.88 Å². The molecule has 0 aromatic heterocycles. The van der Waals surface area contributed by atoms with Crippen LogP contribution in [0.3, 0.4) is 0 Å². The van der Waals surface area contributed by atoms with E-state index in [1.807, 2.05) is 6.92 Å². The van der Waals surface area contributed by atoms with Crippen molar-refractivity contribution in [3.63, 3.8) is 0 Å². The topological polar surface area (TPSA) is 3.24 Å². The molecule has 0 amide bonds. The highest BCUT2D eigenvalue weighted by Gasteiger charge is 2.16. The quantitative estimate of drug-likeness (QED) is 0.723. The van der Waals surface area contributed by atoms with Crippen molar-refractivity contribution < 1.29 is 8.78 Å². The summed E-state index contributed by atoms with van der Waals surface area (Å²) in [7, 11) is 0. The number of hydrogen-bond acceptors (Lipinski definition) is 1. The average Bonchev–Trinajstić information content (AvgIpc) is 2.43. The molecule has 0 aliphatic carbocycles. The molecule has 0 saturated heterocycles. The first-order valence-electron chi connectivity index (χ1n) is 6.03. The molecule has 0 radical (unpaired) electrons. The zero-order valence-electron chi connectivity index (χ0n) is 10.5. The highest BCUT2D eigenvalue weighted by Crippen LogP contribution is 2.32. The number of benzene rings is 2. The molecular weight excluding hydrogens is 268 g/mol. The predicted molar refractivity (Wildman–Crippen MR) is 75.0 cm³/mol. The molecule has 0 fully saturated rings. The maximum absolute atomic E-state index is 14.1. The summed E-state index contributed by atoms with van der Waals surface area (Å²) in [6.07, 6.45) is 0. The fourth-order valence-electron chi connectivity index (χ4n) is 2.06. The Hall–Kier alpha value is -1.61. The van der Waals surface area contributed by atoms with Gasteiger partial charge in [-0.05, 0) is 42.8 Å². The summed E-state index contributed by atoms with van der Waals surface area (Å²) in [6.45, 7) is 2.48. The molecule has 19 heavy (non-hydrogen) atoms. The largest absolute Gasteiger partial charge is 0.339 e. The van der Waals surface area contributed by atoms with Crippen LogP contribution in [0.25, 0.3) is 0 Å². The molecular formula is C15H14ClF2N. The Labute approximate surface area is 116 Å². The lowest BCUT2D eigenvalue weighted by atomic mass is 10.1. The second kappa shape index (κ2) is 6.02. The van der Waals surface area contributed by atoms with Crippen molar-refractivity contribution in [1.82, 2.24) is 0 Å². The van der Waals surface area contributed by atoms with E-state index >= 15 is 0 Å². The molecule has 0 bridgehead atoms. The van der Waals surface area contributed by atoms with Crippen molar-refractivity contribution in [2.24, 2.45) is 0 Å². The zero-order chi connectivity index (χ0) is 13.8. The van der Waals surface area contributed by atoms with E-state index < -0.39 is 0 Å². The Kier molecular flexibility index (Phi) is 4.38. The molecule has 1 nitrogen and oxygen atoms in total. The summed E-state index contributed by atoms with van der Waals surface area (Å²) in [5.74, 6) is -0.416. The Balaban J connectivity index is 2.50. The van der Waals surface area contributed by atoms with E-state index in [0.717, 1.165) is 5.69 Å². The van der Waals surface area contributed by atoms with Gasteiger partial charge in [0.1, 0.15) is 11.6 Å². The fraction of sp³-hybridized carbons (Fsp3) is 0.200. The Morgan fingerprint density at radius 1 is 1.05 bits per heavy atom. The minimum Gasteiger partial charge on any atom is -0.339 e. The number of anilines is 2. The smallest absolute Gasteiger partial charge is 0.147 e. The predicted octanol–water partition coefficient (Wildman–Crippen LogP) is 4.86. The van der Waals surface area contributed by atoms with Crippen molar-refractivity contribution in [2.75, 3.05) is 11.4 Å². The molecule has 0 saturated carbocycles. The number of para-hydroxylation sites is 1. The van der Waals surface area contributed by atoms with Crippen LogP contribution < -0.4 is 4.90 Å². The minimum absolute atomic E-state index is 0.227. The van der Waals surface area contributed by atoms with Gasteiger partial charge in [0.15, 0.2) is 0 Å². The molecule has 2 aromatic carbocycles.